The van der Waals surface area contributed by atoms with E-state index in [1.165, 1.54) is 12.1 Å². The molecule has 0 amide bonds. The molecule has 2 atom stereocenters. The number of hydrogen-bond donors (Lipinski definition) is 2. The monoisotopic (exact) mass is 541 g/mol. The minimum absolute atomic E-state index is 0.0405. The Bertz CT molecular complexity index is 1320. The Kier molecular flexibility index (Phi) is 8.25. The molecule has 38 heavy (non-hydrogen) atoms. The second-order valence-electron chi connectivity index (χ2n) is 9.70. The SMILES string of the molecule is O=S(=O)(N[C@@H](Cc1ccccc1)[C@H](O)CN1CCN(Cc2ccc3c(c2)OCO3)CC1)c1ccc(F)cc1. The zero-order valence-corrected chi connectivity index (χ0v) is 21.8. The fourth-order valence-corrected chi connectivity index (χ4v) is 6.09. The molecule has 2 N–H and O–H groups in total. The average Bonchev–Trinajstić information content (AvgIpc) is 3.38. The van der Waals surface area contributed by atoms with Gasteiger partial charge in [-0.3, -0.25) is 9.80 Å². The lowest BCUT2D eigenvalue weighted by atomic mass is 10.0. The van der Waals surface area contributed by atoms with Crippen LogP contribution in [0.3, 0.4) is 0 Å². The normalized spacial score (nSPS) is 17.8. The molecule has 0 bridgehead atoms. The van der Waals surface area contributed by atoms with Gasteiger partial charge in [0.25, 0.3) is 0 Å². The Labute approximate surface area is 222 Å². The summed E-state index contributed by atoms with van der Waals surface area (Å²) < 4.78 is 53.0. The van der Waals surface area contributed by atoms with E-state index in [2.05, 4.69) is 14.5 Å². The molecule has 0 aromatic heterocycles. The minimum Gasteiger partial charge on any atom is -0.454 e. The van der Waals surface area contributed by atoms with E-state index in [9.17, 15) is 17.9 Å². The minimum atomic E-state index is -3.95. The molecule has 8 nitrogen and oxygen atoms in total. The predicted molar refractivity (Wildman–Crippen MR) is 141 cm³/mol. The van der Waals surface area contributed by atoms with Crippen molar-refractivity contribution in [3.8, 4) is 11.5 Å². The second-order valence-corrected chi connectivity index (χ2v) is 11.4. The molecule has 3 aromatic carbocycles. The highest BCUT2D eigenvalue weighted by Gasteiger charge is 2.29. The lowest BCUT2D eigenvalue weighted by molar-refractivity contribution is 0.0549. The molecule has 1 saturated heterocycles. The van der Waals surface area contributed by atoms with Gasteiger partial charge < -0.3 is 14.6 Å². The third kappa shape index (κ3) is 6.69. The molecule has 2 aliphatic heterocycles. The summed E-state index contributed by atoms with van der Waals surface area (Å²) in [6, 6.07) is 19.4. The summed E-state index contributed by atoms with van der Waals surface area (Å²) in [5.74, 6) is 1.03. The first kappa shape index (κ1) is 26.6. The summed E-state index contributed by atoms with van der Waals surface area (Å²) in [5.41, 5.74) is 2.06. The maximum atomic E-state index is 13.3. The van der Waals surface area contributed by atoms with Crippen LogP contribution in [0.25, 0.3) is 0 Å². The van der Waals surface area contributed by atoms with Gasteiger partial charge in [-0.05, 0) is 53.9 Å². The molecule has 0 aliphatic carbocycles. The molecule has 2 heterocycles. The summed E-state index contributed by atoms with van der Waals surface area (Å²) in [7, 11) is -3.95. The number of fused-ring (bicyclic) bond motifs is 1. The molecule has 0 spiro atoms. The van der Waals surface area contributed by atoms with Gasteiger partial charge in [-0.2, -0.15) is 0 Å². The van der Waals surface area contributed by atoms with E-state index < -0.39 is 28.0 Å². The van der Waals surface area contributed by atoms with E-state index in [0.29, 0.717) is 13.0 Å². The molecule has 2 aliphatic rings. The molecule has 1 fully saturated rings. The number of ether oxygens (including phenoxy) is 2. The highest BCUT2D eigenvalue weighted by molar-refractivity contribution is 7.89. The highest BCUT2D eigenvalue weighted by Crippen LogP contribution is 2.32. The lowest BCUT2D eigenvalue weighted by Crippen LogP contribution is -2.53. The Hall–Kier alpha value is -3.02. The van der Waals surface area contributed by atoms with Crippen LogP contribution in [0.4, 0.5) is 4.39 Å². The van der Waals surface area contributed by atoms with Gasteiger partial charge in [-0.15, -0.1) is 0 Å². The van der Waals surface area contributed by atoms with Crippen LogP contribution in [-0.2, 0) is 23.0 Å². The van der Waals surface area contributed by atoms with Crippen molar-refractivity contribution in [1.82, 2.24) is 14.5 Å². The number of sulfonamides is 1. The molecule has 0 saturated carbocycles. The number of piperazine rings is 1. The first-order valence-corrected chi connectivity index (χ1v) is 14.2. The summed E-state index contributed by atoms with van der Waals surface area (Å²) >= 11 is 0. The van der Waals surface area contributed by atoms with Crippen LogP contribution in [-0.4, -0.2) is 75.0 Å². The number of nitrogens with zero attached hydrogens (tertiary/aromatic N) is 2. The van der Waals surface area contributed by atoms with Crippen molar-refractivity contribution in [3.63, 3.8) is 0 Å². The van der Waals surface area contributed by atoms with E-state index >= 15 is 0 Å². The van der Waals surface area contributed by atoms with Gasteiger partial charge in [0.05, 0.1) is 17.0 Å². The maximum Gasteiger partial charge on any atom is 0.240 e. The fraction of sp³-hybridized carbons (Fsp3) is 0.357. The van der Waals surface area contributed by atoms with Crippen molar-refractivity contribution >= 4 is 10.0 Å². The Morgan fingerprint density at radius 3 is 2.29 bits per heavy atom. The molecule has 5 rings (SSSR count). The third-order valence-corrected chi connectivity index (χ3v) is 8.45. The van der Waals surface area contributed by atoms with Crippen molar-refractivity contribution in [2.24, 2.45) is 0 Å². The zero-order valence-electron chi connectivity index (χ0n) is 21.0. The zero-order chi connectivity index (χ0) is 26.5. The molecule has 10 heteroatoms. The van der Waals surface area contributed by atoms with Crippen molar-refractivity contribution in [2.45, 2.75) is 30.0 Å². The van der Waals surface area contributed by atoms with Crippen molar-refractivity contribution in [3.05, 3.63) is 89.7 Å². The third-order valence-electron chi connectivity index (χ3n) is 6.95. The summed E-state index contributed by atoms with van der Waals surface area (Å²) in [6.45, 7) is 4.54. The smallest absolute Gasteiger partial charge is 0.240 e. The molecular weight excluding hydrogens is 509 g/mol. The predicted octanol–water partition coefficient (Wildman–Crippen LogP) is 2.62. The van der Waals surface area contributed by atoms with Crippen LogP contribution >= 0.6 is 0 Å². The second kappa shape index (κ2) is 11.8. The number of β-amino-alcohol motifs (C(OH)–C–C–N with tert-alkyl or cyclic N) is 1. The Balaban J connectivity index is 1.20. The quantitative estimate of drug-likeness (QED) is 0.408. The van der Waals surface area contributed by atoms with Crippen molar-refractivity contribution in [2.75, 3.05) is 39.5 Å². The molecule has 202 valence electrons. The summed E-state index contributed by atoms with van der Waals surface area (Å²) in [6.07, 6.45) is -0.613. The van der Waals surface area contributed by atoms with Crippen LogP contribution in [0.5, 0.6) is 11.5 Å². The Morgan fingerprint density at radius 2 is 1.55 bits per heavy atom. The standard InChI is InChI=1S/C28H32FN3O5S/c29-23-7-9-24(10-8-23)38(34,35)30-25(16-21-4-2-1-3-5-21)26(33)19-32-14-12-31(13-15-32)18-22-6-11-27-28(17-22)37-20-36-27/h1-11,17,25-26,30,33H,12-16,18-20H2/t25-,26+/m0/s1. The van der Waals surface area contributed by atoms with Crippen LogP contribution in [0.1, 0.15) is 11.1 Å². The van der Waals surface area contributed by atoms with E-state index in [-0.39, 0.29) is 11.7 Å². The van der Waals surface area contributed by atoms with Crippen LogP contribution in [0.15, 0.2) is 77.7 Å². The fourth-order valence-electron chi connectivity index (χ4n) is 4.82. The number of aliphatic hydroxyl groups is 1. The van der Waals surface area contributed by atoms with Gasteiger partial charge in [0.15, 0.2) is 11.5 Å². The molecule has 0 radical (unpaired) electrons. The van der Waals surface area contributed by atoms with Gasteiger partial charge in [0.2, 0.25) is 16.8 Å². The van der Waals surface area contributed by atoms with E-state index in [0.717, 1.165) is 67.5 Å². The van der Waals surface area contributed by atoms with E-state index in [1.807, 2.05) is 48.5 Å². The van der Waals surface area contributed by atoms with Crippen molar-refractivity contribution < 1.29 is 27.4 Å². The van der Waals surface area contributed by atoms with Gasteiger partial charge in [-0.25, -0.2) is 17.5 Å². The highest BCUT2D eigenvalue weighted by atomic mass is 32.2. The van der Waals surface area contributed by atoms with Gasteiger partial charge in [0, 0.05) is 39.3 Å². The lowest BCUT2D eigenvalue weighted by Gasteiger charge is -2.37. The molecule has 0 unspecified atom stereocenters. The molecule has 3 aromatic rings. The number of rotatable bonds is 10. The summed E-state index contributed by atoms with van der Waals surface area (Å²) in [4.78, 5) is 4.46. The van der Waals surface area contributed by atoms with Crippen LogP contribution in [0, 0.1) is 5.82 Å². The van der Waals surface area contributed by atoms with Crippen molar-refractivity contribution in [1.29, 1.82) is 0 Å². The largest absolute Gasteiger partial charge is 0.454 e. The average molecular weight is 542 g/mol. The topological polar surface area (TPSA) is 91.3 Å². The Morgan fingerprint density at radius 1 is 0.868 bits per heavy atom. The molecular formula is C28H32FN3O5S. The first-order chi connectivity index (χ1) is 18.4. The maximum absolute atomic E-state index is 13.3. The van der Waals surface area contributed by atoms with Gasteiger partial charge in [-0.1, -0.05) is 36.4 Å². The van der Waals surface area contributed by atoms with Gasteiger partial charge in [0.1, 0.15) is 5.82 Å². The van der Waals surface area contributed by atoms with Crippen LogP contribution < -0.4 is 14.2 Å². The van der Waals surface area contributed by atoms with E-state index in [4.69, 9.17) is 9.47 Å². The first-order valence-electron chi connectivity index (χ1n) is 12.7. The van der Waals surface area contributed by atoms with Crippen LogP contribution in [0.2, 0.25) is 0 Å². The number of hydrogen-bond acceptors (Lipinski definition) is 7. The number of aliphatic hydroxyl groups excluding tert-OH is 1. The number of halogens is 1. The summed E-state index contributed by atoms with van der Waals surface area (Å²) in [5, 5.41) is 11.2. The van der Waals surface area contributed by atoms with Gasteiger partial charge >= 0.3 is 0 Å². The number of nitrogens with one attached hydrogen (secondary N) is 1. The van der Waals surface area contributed by atoms with E-state index in [1.54, 1.807) is 0 Å². The number of benzene rings is 3.